The van der Waals surface area contributed by atoms with Gasteiger partial charge in [-0.15, -0.1) is 0 Å². The number of nitrogens with one attached hydrogen (secondary N) is 3. The summed E-state index contributed by atoms with van der Waals surface area (Å²) in [5, 5.41) is 17.6. The van der Waals surface area contributed by atoms with Gasteiger partial charge in [0.2, 0.25) is 17.7 Å². The minimum absolute atomic E-state index is 0.0431. The monoisotopic (exact) mass is 496 g/mol. The number of nitrogens with two attached hydrogens (primary N) is 1. The molecule has 6 N–H and O–H groups in total. The highest BCUT2D eigenvalue weighted by Crippen LogP contribution is 2.09. The Bertz CT molecular complexity index is 998. The molecule has 0 aliphatic carbocycles. The molecule has 0 aliphatic rings. The summed E-state index contributed by atoms with van der Waals surface area (Å²) in [6.07, 6.45) is 0.676. The van der Waals surface area contributed by atoms with Crippen LogP contribution in [0.2, 0.25) is 0 Å². The third-order valence-corrected chi connectivity index (χ3v) is 5.54. The Balaban J connectivity index is 2.26. The van der Waals surface area contributed by atoms with Gasteiger partial charge in [-0.05, 0) is 23.5 Å². The standard InChI is InChI=1S/C27H36N4O5/c1-18(2)15-23(27(35)36)31-26(34)22(17-20-11-7-4-8-12-20)30-25(33)21(29-24(32)13-14-28)16-19-9-5-3-6-10-19/h3-12,18,21-23H,13-17,28H2,1-2H3,(H,29,32)(H,30,33)(H,31,34)(H,35,36)/t21-,22-,23-/m0/s1. The van der Waals surface area contributed by atoms with Crippen molar-refractivity contribution >= 4 is 23.7 Å². The van der Waals surface area contributed by atoms with Crippen LogP contribution in [0.3, 0.4) is 0 Å². The van der Waals surface area contributed by atoms with Gasteiger partial charge in [0.15, 0.2) is 0 Å². The minimum Gasteiger partial charge on any atom is -0.480 e. The zero-order valence-electron chi connectivity index (χ0n) is 20.8. The molecule has 0 saturated heterocycles. The van der Waals surface area contributed by atoms with Gasteiger partial charge in [-0.2, -0.15) is 0 Å². The SMILES string of the molecule is CC(C)C[C@H](NC(=O)[C@H](Cc1ccccc1)NC(=O)[C@H](Cc1ccccc1)NC(=O)CCN)C(=O)O. The third kappa shape index (κ3) is 9.87. The average Bonchev–Trinajstić information content (AvgIpc) is 2.83. The van der Waals surface area contributed by atoms with Crippen LogP contribution >= 0.6 is 0 Å². The molecule has 2 rings (SSSR count). The lowest BCUT2D eigenvalue weighted by atomic mass is 10.0. The Morgan fingerprint density at radius 1 is 0.750 bits per heavy atom. The Kier molecular flexibility index (Phi) is 11.6. The van der Waals surface area contributed by atoms with Gasteiger partial charge < -0.3 is 26.8 Å². The molecule has 0 spiro atoms. The summed E-state index contributed by atoms with van der Waals surface area (Å²) in [6, 6.07) is 15.2. The molecule has 0 bridgehead atoms. The Morgan fingerprint density at radius 2 is 1.19 bits per heavy atom. The summed E-state index contributed by atoms with van der Waals surface area (Å²) >= 11 is 0. The summed E-state index contributed by atoms with van der Waals surface area (Å²) in [5.74, 6) is -2.62. The number of amides is 3. The molecule has 2 aromatic rings. The first-order chi connectivity index (χ1) is 17.2. The number of carboxylic acid groups (broad SMARTS) is 1. The maximum absolute atomic E-state index is 13.3. The second-order valence-electron chi connectivity index (χ2n) is 9.13. The molecule has 3 amide bonds. The van der Waals surface area contributed by atoms with Crippen LogP contribution in [0.1, 0.15) is 37.8 Å². The van der Waals surface area contributed by atoms with Crippen molar-refractivity contribution < 1.29 is 24.3 Å². The summed E-state index contributed by atoms with van der Waals surface area (Å²) in [5.41, 5.74) is 7.11. The number of rotatable bonds is 14. The molecule has 0 unspecified atom stereocenters. The summed E-state index contributed by atoms with van der Waals surface area (Å²) < 4.78 is 0. The average molecular weight is 497 g/mol. The van der Waals surface area contributed by atoms with E-state index in [0.717, 1.165) is 11.1 Å². The molecule has 9 nitrogen and oxygen atoms in total. The van der Waals surface area contributed by atoms with Crippen LogP contribution in [0.5, 0.6) is 0 Å². The fourth-order valence-corrected chi connectivity index (χ4v) is 3.75. The van der Waals surface area contributed by atoms with E-state index in [9.17, 15) is 24.3 Å². The molecular weight excluding hydrogens is 460 g/mol. The lowest BCUT2D eigenvalue weighted by Gasteiger charge is -2.25. The number of hydrogen-bond donors (Lipinski definition) is 5. The molecular formula is C27H36N4O5. The van der Waals surface area contributed by atoms with Crippen molar-refractivity contribution in [3.63, 3.8) is 0 Å². The number of carboxylic acids is 1. The first-order valence-electron chi connectivity index (χ1n) is 12.1. The van der Waals surface area contributed by atoms with Crippen LogP contribution in [-0.2, 0) is 32.0 Å². The number of benzene rings is 2. The third-order valence-electron chi connectivity index (χ3n) is 5.54. The van der Waals surface area contributed by atoms with Crippen LogP contribution in [-0.4, -0.2) is 53.5 Å². The van der Waals surface area contributed by atoms with Crippen LogP contribution in [0.15, 0.2) is 60.7 Å². The fraction of sp³-hybridized carbons (Fsp3) is 0.407. The molecule has 9 heteroatoms. The lowest BCUT2D eigenvalue weighted by Crippen LogP contribution is -2.57. The van der Waals surface area contributed by atoms with E-state index in [1.54, 1.807) is 0 Å². The van der Waals surface area contributed by atoms with E-state index < -0.39 is 35.9 Å². The van der Waals surface area contributed by atoms with Gasteiger partial charge in [-0.3, -0.25) is 14.4 Å². The molecule has 194 valence electrons. The largest absolute Gasteiger partial charge is 0.480 e. The van der Waals surface area contributed by atoms with Gasteiger partial charge in [0, 0.05) is 25.8 Å². The van der Waals surface area contributed by atoms with Crippen LogP contribution in [0.25, 0.3) is 0 Å². The van der Waals surface area contributed by atoms with Crippen molar-refractivity contribution in [3.05, 3.63) is 71.8 Å². The van der Waals surface area contributed by atoms with Gasteiger partial charge in [0.1, 0.15) is 18.1 Å². The van der Waals surface area contributed by atoms with Gasteiger partial charge in [0.25, 0.3) is 0 Å². The summed E-state index contributed by atoms with van der Waals surface area (Å²) in [7, 11) is 0. The smallest absolute Gasteiger partial charge is 0.326 e. The van der Waals surface area contributed by atoms with E-state index in [-0.39, 0.29) is 44.1 Å². The predicted molar refractivity (Wildman–Crippen MR) is 137 cm³/mol. The van der Waals surface area contributed by atoms with Crippen LogP contribution < -0.4 is 21.7 Å². The summed E-state index contributed by atoms with van der Waals surface area (Å²) in [4.78, 5) is 50.5. The van der Waals surface area contributed by atoms with E-state index in [4.69, 9.17) is 5.73 Å². The maximum Gasteiger partial charge on any atom is 0.326 e. The zero-order chi connectivity index (χ0) is 26.5. The molecule has 0 aliphatic heterocycles. The van der Waals surface area contributed by atoms with Crippen molar-refractivity contribution in [1.82, 2.24) is 16.0 Å². The van der Waals surface area contributed by atoms with E-state index in [0.29, 0.717) is 0 Å². The highest BCUT2D eigenvalue weighted by atomic mass is 16.4. The van der Waals surface area contributed by atoms with Gasteiger partial charge in [-0.1, -0.05) is 74.5 Å². The molecule has 0 saturated carbocycles. The Morgan fingerprint density at radius 3 is 1.61 bits per heavy atom. The highest BCUT2D eigenvalue weighted by Gasteiger charge is 2.30. The molecule has 0 aromatic heterocycles. The highest BCUT2D eigenvalue weighted by molar-refractivity contribution is 5.93. The molecule has 2 aromatic carbocycles. The Hall–Kier alpha value is -3.72. The normalized spacial score (nSPS) is 13.3. The van der Waals surface area contributed by atoms with Crippen LogP contribution in [0, 0.1) is 5.92 Å². The van der Waals surface area contributed by atoms with Crippen molar-refractivity contribution in [1.29, 1.82) is 0 Å². The van der Waals surface area contributed by atoms with E-state index >= 15 is 0 Å². The van der Waals surface area contributed by atoms with Crippen molar-refractivity contribution in [3.8, 4) is 0 Å². The van der Waals surface area contributed by atoms with Crippen LogP contribution in [0.4, 0.5) is 0 Å². The molecule has 0 heterocycles. The van der Waals surface area contributed by atoms with Gasteiger partial charge >= 0.3 is 5.97 Å². The molecule has 3 atom stereocenters. The van der Waals surface area contributed by atoms with E-state index in [1.165, 1.54) is 0 Å². The Labute approximate surface area is 211 Å². The molecule has 0 radical (unpaired) electrons. The maximum atomic E-state index is 13.3. The zero-order valence-corrected chi connectivity index (χ0v) is 20.8. The first-order valence-corrected chi connectivity index (χ1v) is 12.1. The second-order valence-corrected chi connectivity index (χ2v) is 9.13. The quantitative estimate of drug-likeness (QED) is 0.267. The van der Waals surface area contributed by atoms with E-state index in [2.05, 4.69) is 16.0 Å². The topological polar surface area (TPSA) is 151 Å². The van der Waals surface area contributed by atoms with Gasteiger partial charge in [-0.25, -0.2) is 4.79 Å². The first kappa shape index (κ1) is 28.5. The lowest BCUT2D eigenvalue weighted by molar-refractivity contribution is -0.142. The number of hydrogen-bond acceptors (Lipinski definition) is 5. The van der Waals surface area contributed by atoms with Crippen molar-refractivity contribution in [2.75, 3.05) is 6.54 Å². The number of carbonyl (C=O) groups excluding carboxylic acids is 3. The minimum atomic E-state index is -1.14. The predicted octanol–water partition coefficient (Wildman–Crippen LogP) is 1.41. The number of aliphatic carboxylic acids is 1. The number of carbonyl (C=O) groups is 4. The second kappa shape index (κ2) is 14.6. The van der Waals surface area contributed by atoms with Crippen molar-refractivity contribution in [2.45, 2.75) is 57.7 Å². The summed E-state index contributed by atoms with van der Waals surface area (Å²) in [6.45, 7) is 3.87. The van der Waals surface area contributed by atoms with Crippen molar-refractivity contribution in [2.24, 2.45) is 11.7 Å². The fourth-order valence-electron chi connectivity index (χ4n) is 3.75. The van der Waals surface area contributed by atoms with Gasteiger partial charge in [0.05, 0.1) is 0 Å². The molecule has 0 fully saturated rings. The molecule has 36 heavy (non-hydrogen) atoms. The van der Waals surface area contributed by atoms with E-state index in [1.807, 2.05) is 74.5 Å².